The molecule has 0 aliphatic carbocycles. The van der Waals surface area contributed by atoms with Crippen LogP contribution in [0.1, 0.15) is 63.4 Å². The van der Waals surface area contributed by atoms with E-state index in [1.165, 1.54) is 23.9 Å². The van der Waals surface area contributed by atoms with Gasteiger partial charge >= 0.3 is 12.4 Å². The molecule has 1 aliphatic heterocycles. The Morgan fingerprint density at radius 1 is 1.00 bits per heavy atom. The summed E-state index contributed by atoms with van der Waals surface area (Å²) in [5.74, 6) is -0.676. The van der Waals surface area contributed by atoms with E-state index in [1.807, 2.05) is 0 Å². The Bertz CT molecular complexity index is 1350. The third kappa shape index (κ3) is 6.41. The summed E-state index contributed by atoms with van der Waals surface area (Å²) in [6.45, 7) is 4.97. The molecule has 15 heteroatoms. The Hall–Kier alpha value is -4.01. The second-order valence-corrected chi connectivity index (χ2v) is 8.95. The Labute approximate surface area is 224 Å². The number of morpholine rings is 1. The molecule has 214 valence electrons. The lowest BCUT2D eigenvalue weighted by Gasteiger charge is -2.26. The van der Waals surface area contributed by atoms with Crippen LogP contribution in [0.4, 0.5) is 26.3 Å². The van der Waals surface area contributed by atoms with Crippen molar-refractivity contribution in [3.05, 3.63) is 70.4 Å². The highest BCUT2D eigenvalue weighted by Gasteiger charge is 2.37. The van der Waals surface area contributed by atoms with Crippen molar-refractivity contribution in [2.75, 3.05) is 26.3 Å². The molecule has 1 atom stereocenters. The molecule has 3 aromatic rings. The summed E-state index contributed by atoms with van der Waals surface area (Å²) in [4.78, 5) is 35.8. The van der Waals surface area contributed by atoms with E-state index in [0.29, 0.717) is 56.2 Å². The summed E-state index contributed by atoms with van der Waals surface area (Å²) in [5, 5.41) is 6.73. The van der Waals surface area contributed by atoms with E-state index in [2.05, 4.69) is 20.4 Å². The van der Waals surface area contributed by atoms with E-state index >= 15 is 0 Å². The lowest BCUT2D eigenvalue weighted by atomic mass is 10.0. The quantitative estimate of drug-likeness (QED) is 0.446. The normalized spacial score (nSPS) is 15.2. The summed E-state index contributed by atoms with van der Waals surface area (Å²) < 4.78 is 86.0. The van der Waals surface area contributed by atoms with Crippen LogP contribution in [0.25, 0.3) is 5.82 Å². The highest BCUT2D eigenvalue weighted by molar-refractivity contribution is 5.95. The van der Waals surface area contributed by atoms with Crippen LogP contribution in [0.15, 0.2) is 36.5 Å². The van der Waals surface area contributed by atoms with E-state index in [9.17, 15) is 35.9 Å². The Morgan fingerprint density at radius 2 is 1.62 bits per heavy atom. The fourth-order valence-corrected chi connectivity index (χ4v) is 3.98. The fourth-order valence-electron chi connectivity index (χ4n) is 3.98. The minimum atomic E-state index is -5.10. The zero-order valence-electron chi connectivity index (χ0n) is 21.3. The molecular weight excluding hydrogens is 546 g/mol. The van der Waals surface area contributed by atoms with Crippen molar-refractivity contribution in [1.82, 2.24) is 30.0 Å². The van der Waals surface area contributed by atoms with E-state index in [4.69, 9.17) is 4.74 Å². The number of aryl methyl sites for hydroxylation is 1. The van der Waals surface area contributed by atoms with Gasteiger partial charge in [0.25, 0.3) is 11.8 Å². The average molecular weight is 570 g/mol. The number of benzene rings is 1. The van der Waals surface area contributed by atoms with Crippen LogP contribution < -0.4 is 5.32 Å². The number of carbonyl (C=O) groups excluding carboxylic acids is 2. The molecule has 1 saturated heterocycles. The van der Waals surface area contributed by atoms with Crippen molar-refractivity contribution in [3.8, 4) is 5.82 Å². The lowest BCUT2D eigenvalue weighted by molar-refractivity contribution is -0.143. The molecule has 0 spiro atoms. The summed E-state index contributed by atoms with van der Waals surface area (Å²) in [5.41, 5.74) is -3.70. The van der Waals surface area contributed by atoms with Crippen molar-refractivity contribution in [2.24, 2.45) is 0 Å². The van der Waals surface area contributed by atoms with Gasteiger partial charge in [0.1, 0.15) is 0 Å². The molecule has 0 bridgehead atoms. The van der Waals surface area contributed by atoms with Gasteiger partial charge in [0, 0.05) is 31.3 Å². The number of amides is 2. The number of pyridine rings is 1. The first-order valence-corrected chi connectivity index (χ1v) is 12.2. The van der Waals surface area contributed by atoms with E-state index in [0.717, 1.165) is 0 Å². The molecule has 1 aromatic carbocycles. The van der Waals surface area contributed by atoms with Crippen molar-refractivity contribution >= 4 is 11.8 Å². The third-order valence-electron chi connectivity index (χ3n) is 6.09. The van der Waals surface area contributed by atoms with Gasteiger partial charge in [-0.1, -0.05) is 6.92 Å². The number of hydrogen-bond donors (Lipinski definition) is 1. The van der Waals surface area contributed by atoms with Gasteiger partial charge in [0.05, 0.1) is 35.9 Å². The molecule has 3 heterocycles. The van der Waals surface area contributed by atoms with Crippen LogP contribution in [-0.2, 0) is 23.5 Å². The molecule has 0 saturated carbocycles. The van der Waals surface area contributed by atoms with Gasteiger partial charge in [0.15, 0.2) is 17.5 Å². The van der Waals surface area contributed by atoms with Gasteiger partial charge in [0.2, 0.25) is 0 Å². The monoisotopic (exact) mass is 570 g/mol. The molecule has 9 nitrogen and oxygen atoms in total. The van der Waals surface area contributed by atoms with Crippen LogP contribution in [0.2, 0.25) is 0 Å². The largest absolute Gasteiger partial charge is 0.416 e. The Morgan fingerprint density at radius 3 is 2.15 bits per heavy atom. The zero-order valence-corrected chi connectivity index (χ0v) is 21.3. The summed E-state index contributed by atoms with van der Waals surface area (Å²) in [6.07, 6.45) is -8.45. The first-order valence-electron chi connectivity index (χ1n) is 12.2. The van der Waals surface area contributed by atoms with E-state index in [-0.39, 0.29) is 23.6 Å². The van der Waals surface area contributed by atoms with Gasteiger partial charge < -0.3 is 15.0 Å². The molecule has 4 rings (SSSR count). The number of ether oxygens (including phenoxy) is 1. The second-order valence-electron chi connectivity index (χ2n) is 8.95. The number of halogens is 6. The predicted molar refractivity (Wildman–Crippen MR) is 128 cm³/mol. The maximum absolute atomic E-state index is 13.2. The first kappa shape index (κ1) is 29.0. The maximum atomic E-state index is 13.2. The third-order valence-corrected chi connectivity index (χ3v) is 6.09. The second kappa shape index (κ2) is 11.2. The smallest absolute Gasteiger partial charge is 0.378 e. The molecular formula is C25H24F6N6O3. The maximum Gasteiger partial charge on any atom is 0.416 e. The predicted octanol–water partition coefficient (Wildman–Crippen LogP) is 4.23. The van der Waals surface area contributed by atoms with Gasteiger partial charge in [-0.3, -0.25) is 9.59 Å². The van der Waals surface area contributed by atoms with Gasteiger partial charge in [-0.2, -0.15) is 31.0 Å². The molecule has 1 aliphatic rings. The van der Waals surface area contributed by atoms with Crippen molar-refractivity contribution in [3.63, 3.8) is 0 Å². The number of hydrogen-bond acceptors (Lipinski definition) is 6. The summed E-state index contributed by atoms with van der Waals surface area (Å²) in [6, 6.07) is 2.71. The number of carbonyl (C=O) groups is 2. The standard InChI is InChI=1S/C25H24F6N6O3/c1-3-19-34-21(37(35-19)20-5-4-15(13-32-20)23(39)36-6-8-40-9-7-36)14(2)33-22(38)16-10-17(24(26,27)28)12-18(11-16)25(29,30)31/h4-5,10-14H,3,6-9H2,1-2H3,(H,33,38)/t14-/m0/s1. The van der Waals surface area contributed by atoms with Gasteiger partial charge in [-0.15, -0.1) is 5.10 Å². The lowest BCUT2D eigenvalue weighted by Crippen LogP contribution is -2.40. The van der Waals surface area contributed by atoms with Crippen molar-refractivity contribution in [2.45, 2.75) is 38.7 Å². The SMILES string of the molecule is CCc1nc([C@H](C)NC(=O)c2cc(C(F)(F)F)cc(C(F)(F)F)c2)n(-c2ccc(C(=O)N3CCOCC3)cn2)n1. The van der Waals surface area contributed by atoms with Crippen LogP contribution in [0.3, 0.4) is 0 Å². The van der Waals surface area contributed by atoms with Crippen molar-refractivity contribution in [1.29, 1.82) is 0 Å². The van der Waals surface area contributed by atoms with Crippen LogP contribution >= 0.6 is 0 Å². The molecule has 0 radical (unpaired) electrons. The molecule has 1 N–H and O–H groups in total. The number of nitrogens with one attached hydrogen (secondary N) is 1. The fraction of sp³-hybridized carbons (Fsp3) is 0.400. The van der Waals surface area contributed by atoms with Crippen LogP contribution in [0.5, 0.6) is 0 Å². The number of alkyl halides is 6. The number of aromatic nitrogens is 4. The van der Waals surface area contributed by atoms with E-state index in [1.54, 1.807) is 17.9 Å². The number of rotatable bonds is 6. The molecule has 2 amide bonds. The molecule has 40 heavy (non-hydrogen) atoms. The first-order chi connectivity index (χ1) is 18.8. The Balaban J connectivity index is 1.59. The van der Waals surface area contributed by atoms with Crippen LogP contribution in [0, 0.1) is 0 Å². The van der Waals surface area contributed by atoms with E-state index < -0.39 is 41.0 Å². The highest BCUT2D eigenvalue weighted by atomic mass is 19.4. The van der Waals surface area contributed by atoms with Crippen LogP contribution in [-0.4, -0.2) is 62.8 Å². The topological polar surface area (TPSA) is 102 Å². The molecule has 0 unspecified atom stereocenters. The minimum Gasteiger partial charge on any atom is -0.378 e. The average Bonchev–Trinajstić information content (AvgIpc) is 3.37. The van der Waals surface area contributed by atoms with Crippen molar-refractivity contribution < 1.29 is 40.7 Å². The Kier molecular flexibility index (Phi) is 8.14. The zero-order chi connectivity index (χ0) is 29.2. The number of nitrogens with zero attached hydrogens (tertiary/aromatic N) is 5. The minimum absolute atomic E-state index is 0.0521. The molecule has 1 fully saturated rings. The highest BCUT2D eigenvalue weighted by Crippen LogP contribution is 2.36. The molecule has 2 aromatic heterocycles. The van der Waals surface area contributed by atoms with Gasteiger partial charge in [-0.25, -0.2) is 9.97 Å². The van der Waals surface area contributed by atoms with Gasteiger partial charge in [-0.05, 0) is 37.3 Å². The summed E-state index contributed by atoms with van der Waals surface area (Å²) in [7, 11) is 0. The summed E-state index contributed by atoms with van der Waals surface area (Å²) >= 11 is 0.